The molecule has 1 aromatic rings. The maximum atomic E-state index is 12.5. The zero-order valence-electron chi connectivity index (χ0n) is 12.4. The van der Waals surface area contributed by atoms with Gasteiger partial charge in [0, 0.05) is 58.0 Å². The normalized spacial score (nSPS) is 11.0. The van der Waals surface area contributed by atoms with Gasteiger partial charge < -0.3 is 14.9 Å². The molecule has 4 nitrogen and oxygen atoms in total. The third-order valence-electron chi connectivity index (χ3n) is 2.72. The van der Waals surface area contributed by atoms with Crippen molar-refractivity contribution in [3.05, 3.63) is 30.3 Å². The van der Waals surface area contributed by atoms with Crippen LogP contribution < -0.4 is 10.4 Å². The molecule has 0 spiro atoms. The Labute approximate surface area is 159 Å². The van der Waals surface area contributed by atoms with Gasteiger partial charge in [0.2, 0.25) is 5.91 Å². The molecule has 1 amide bonds. The van der Waals surface area contributed by atoms with Crippen LogP contribution in [0.25, 0.3) is 0 Å². The molecule has 0 unspecified atom stereocenters. The van der Waals surface area contributed by atoms with Crippen molar-refractivity contribution < 1.29 is 61.8 Å². The molecule has 6 heteroatoms. The number of anilines is 1. The van der Waals surface area contributed by atoms with E-state index >= 15 is 0 Å². The standard InChI is InChI=1S/C14H21BNO3.Yb/c1-10(2)16(13(17)14(3,4)5)12-8-6-7-11(9-12)15(18)19;/h6-9,18-19H,1-5H3;/q-1;. The second-order valence-electron chi connectivity index (χ2n) is 5.81. The number of carbonyl (C=O) groups is 1. The third kappa shape index (κ3) is 5.19. The van der Waals surface area contributed by atoms with Crippen molar-refractivity contribution in [1.82, 2.24) is 0 Å². The number of hydrogen-bond acceptors (Lipinski definition) is 3. The fourth-order valence-corrected chi connectivity index (χ4v) is 1.74. The Kier molecular flexibility index (Phi) is 8.07. The topological polar surface area (TPSA) is 60.8 Å². The van der Waals surface area contributed by atoms with Gasteiger partial charge in [0.1, 0.15) is 0 Å². The Bertz CT molecular complexity index is 458. The first-order valence-electron chi connectivity index (χ1n) is 6.25. The summed E-state index contributed by atoms with van der Waals surface area (Å²) in [5.74, 6) is -0.0305. The van der Waals surface area contributed by atoms with Gasteiger partial charge in [0.25, 0.3) is 0 Å². The van der Waals surface area contributed by atoms with Crippen LogP contribution in [0.1, 0.15) is 34.6 Å². The van der Waals surface area contributed by atoms with Crippen molar-refractivity contribution in [2.75, 3.05) is 4.90 Å². The minimum atomic E-state index is -1.54. The molecule has 2 N–H and O–H groups in total. The SMILES string of the molecule is C[C-](C)N(C(=O)C(C)(C)C)c1cccc(B(O)O)c1.[Yb]. The van der Waals surface area contributed by atoms with Crippen LogP contribution in [0.3, 0.4) is 0 Å². The van der Waals surface area contributed by atoms with E-state index < -0.39 is 12.5 Å². The molecule has 0 aliphatic carbocycles. The van der Waals surface area contributed by atoms with Crippen LogP contribution in [0, 0.1) is 58.4 Å². The van der Waals surface area contributed by atoms with Gasteiger partial charge in [0.15, 0.2) is 0 Å². The van der Waals surface area contributed by atoms with Gasteiger partial charge in [-0.25, -0.2) is 6.04 Å². The molecule has 0 saturated heterocycles. The van der Waals surface area contributed by atoms with Crippen LogP contribution in [0.4, 0.5) is 5.69 Å². The molecular weight excluding hydrogens is 414 g/mol. The predicted octanol–water partition coefficient (Wildman–Crippen LogP) is 1.32. The molecule has 1 aromatic carbocycles. The number of carbonyl (C=O) groups excluding carboxylic acids is 1. The van der Waals surface area contributed by atoms with Crippen LogP contribution in [0.15, 0.2) is 24.3 Å². The predicted molar refractivity (Wildman–Crippen MR) is 77.8 cm³/mol. The van der Waals surface area contributed by atoms with Gasteiger partial charge >= 0.3 is 7.12 Å². The van der Waals surface area contributed by atoms with E-state index in [-0.39, 0.29) is 52.8 Å². The average molecular weight is 435 g/mol. The van der Waals surface area contributed by atoms with Crippen LogP contribution in [-0.4, -0.2) is 23.1 Å². The van der Waals surface area contributed by atoms with Gasteiger partial charge in [-0.05, 0) is 17.6 Å². The second-order valence-corrected chi connectivity index (χ2v) is 5.81. The summed E-state index contributed by atoms with van der Waals surface area (Å²) in [6.07, 6.45) is 0. The number of benzene rings is 1. The van der Waals surface area contributed by atoms with Gasteiger partial charge in [-0.1, -0.05) is 32.9 Å². The summed E-state index contributed by atoms with van der Waals surface area (Å²) in [7, 11) is -1.54. The third-order valence-corrected chi connectivity index (χ3v) is 2.72. The van der Waals surface area contributed by atoms with E-state index in [1.165, 1.54) is 0 Å². The summed E-state index contributed by atoms with van der Waals surface area (Å²) in [5.41, 5.74) is 0.501. The minimum absolute atomic E-state index is 0. The molecule has 0 atom stereocenters. The zero-order chi connectivity index (χ0) is 14.8. The molecule has 1 rings (SSSR count). The molecule has 0 bridgehead atoms. The van der Waals surface area contributed by atoms with Crippen LogP contribution in [0.5, 0.6) is 0 Å². The molecule has 20 heavy (non-hydrogen) atoms. The van der Waals surface area contributed by atoms with Crippen LogP contribution in [-0.2, 0) is 4.79 Å². The number of amides is 1. The molecule has 118 valence electrons. The molecule has 0 aliphatic rings. The van der Waals surface area contributed by atoms with E-state index in [1.807, 2.05) is 34.6 Å². The maximum absolute atomic E-state index is 12.5. The van der Waals surface area contributed by atoms with Crippen molar-refractivity contribution in [1.29, 1.82) is 0 Å². The van der Waals surface area contributed by atoms with E-state index in [1.54, 1.807) is 29.2 Å². The minimum Gasteiger partial charge on any atom is -0.462 e. The largest absolute Gasteiger partial charge is 0.488 e. The van der Waals surface area contributed by atoms with Crippen molar-refractivity contribution in [3.63, 3.8) is 0 Å². The van der Waals surface area contributed by atoms with Gasteiger partial charge in [-0.15, -0.1) is 0 Å². The van der Waals surface area contributed by atoms with E-state index in [9.17, 15) is 14.8 Å². The van der Waals surface area contributed by atoms with Gasteiger partial charge in [-0.3, -0.25) is 4.79 Å². The van der Waals surface area contributed by atoms with Crippen molar-refractivity contribution >= 4 is 24.2 Å². The van der Waals surface area contributed by atoms with Crippen molar-refractivity contribution in [2.24, 2.45) is 5.41 Å². The Hall–Kier alpha value is 0.194. The van der Waals surface area contributed by atoms with Crippen molar-refractivity contribution in [3.8, 4) is 0 Å². The number of rotatable bonds is 3. The molecule has 0 saturated carbocycles. The summed E-state index contributed by atoms with van der Waals surface area (Å²) >= 11 is 0. The first kappa shape index (κ1) is 20.2. The smallest absolute Gasteiger partial charge is 0.462 e. The first-order valence-corrected chi connectivity index (χ1v) is 6.25. The van der Waals surface area contributed by atoms with E-state index in [2.05, 4.69) is 0 Å². The van der Waals surface area contributed by atoms with Crippen molar-refractivity contribution in [2.45, 2.75) is 34.6 Å². The fourth-order valence-electron chi connectivity index (χ4n) is 1.74. The van der Waals surface area contributed by atoms with Crippen LogP contribution in [0.2, 0.25) is 0 Å². The summed E-state index contributed by atoms with van der Waals surface area (Å²) in [6, 6.07) is 7.54. The molecule has 0 radical (unpaired) electrons. The Balaban J connectivity index is 0.00000361. The summed E-state index contributed by atoms with van der Waals surface area (Å²) in [4.78, 5) is 14.1. The number of nitrogens with zero attached hydrogens (tertiary/aromatic N) is 1. The van der Waals surface area contributed by atoms with E-state index in [4.69, 9.17) is 0 Å². The fraction of sp³-hybridized carbons (Fsp3) is 0.429. The zero-order valence-corrected chi connectivity index (χ0v) is 14.1. The molecule has 0 aromatic heterocycles. The van der Waals surface area contributed by atoms with E-state index in [0.29, 0.717) is 11.2 Å². The van der Waals surface area contributed by atoms with Crippen LogP contribution >= 0.6 is 0 Å². The second kappa shape index (κ2) is 7.99. The Morgan fingerprint density at radius 1 is 1.25 bits per heavy atom. The molecule has 0 aliphatic heterocycles. The molecule has 0 heterocycles. The summed E-state index contributed by atoms with van der Waals surface area (Å²) < 4.78 is 0. The van der Waals surface area contributed by atoms with Gasteiger partial charge in [-0.2, -0.15) is 13.8 Å². The number of hydrogen-bond donors (Lipinski definition) is 2. The first-order chi connectivity index (χ1) is 8.64. The Morgan fingerprint density at radius 2 is 1.80 bits per heavy atom. The van der Waals surface area contributed by atoms with Gasteiger partial charge in [0.05, 0.1) is 0 Å². The maximum Gasteiger partial charge on any atom is 0.488 e. The monoisotopic (exact) mass is 436 g/mol. The molecule has 0 fully saturated rings. The summed E-state index contributed by atoms with van der Waals surface area (Å²) in [5, 5.41) is 18.4. The molecular formula is C14H21BNO3Yb-. The Morgan fingerprint density at radius 3 is 2.20 bits per heavy atom. The van der Waals surface area contributed by atoms with E-state index in [0.717, 1.165) is 6.04 Å². The summed E-state index contributed by atoms with van der Waals surface area (Å²) in [6.45, 7) is 9.28. The quantitative estimate of drug-likeness (QED) is 0.557. The average Bonchev–Trinajstić information content (AvgIpc) is 2.27.